The quantitative estimate of drug-likeness (QED) is 0.310. The van der Waals surface area contributed by atoms with Crippen molar-refractivity contribution in [1.82, 2.24) is 0 Å². The van der Waals surface area contributed by atoms with Crippen LogP contribution in [0.25, 0.3) is 10.4 Å². The minimum absolute atomic E-state index is 0.457. The Labute approximate surface area is 85.7 Å². The molecule has 0 aromatic heterocycles. The molecule has 5 unspecified atom stereocenters. The molecule has 0 saturated carbocycles. The number of aliphatic hydroxyl groups excluding tert-OH is 3. The van der Waals surface area contributed by atoms with E-state index in [2.05, 4.69) is 10.0 Å². The first-order valence-electron chi connectivity index (χ1n) is 4.35. The highest BCUT2D eigenvalue weighted by Gasteiger charge is 2.43. The van der Waals surface area contributed by atoms with E-state index < -0.39 is 37.3 Å². The standard InChI is InChI=1S/C7H13N3O5/c1-14-7-4(9-10-8)6(13)5(12)3(2-11)15-7/h3-7,11-13H,2H2,1H3. The molecule has 0 amide bonds. The van der Waals surface area contributed by atoms with E-state index in [1.807, 2.05) is 0 Å². The Morgan fingerprint density at radius 1 is 1.47 bits per heavy atom. The molecule has 0 aliphatic carbocycles. The first-order valence-corrected chi connectivity index (χ1v) is 4.35. The summed E-state index contributed by atoms with van der Waals surface area (Å²) < 4.78 is 9.92. The summed E-state index contributed by atoms with van der Waals surface area (Å²) in [6.45, 7) is -0.457. The Kier molecular flexibility index (Phi) is 4.28. The average molecular weight is 219 g/mol. The van der Waals surface area contributed by atoms with Crippen LogP contribution in [0, 0.1) is 0 Å². The lowest BCUT2D eigenvalue weighted by molar-refractivity contribution is -0.257. The molecule has 1 rings (SSSR count). The summed E-state index contributed by atoms with van der Waals surface area (Å²) in [5, 5.41) is 31.2. The lowest BCUT2D eigenvalue weighted by Gasteiger charge is -2.39. The van der Waals surface area contributed by atoms with Gasteiger partial charge in [0.1, 0.15) is 18.2 Å². The Balaban J connectivity index is 2.83. The molecule has 0 radical (unpaired) electrons. The molecule has 0 aromatic rings. The second-order valence-electron chi connectivity index (χ2n) is 3.14. The van der Waals surface area contributed by atoms with Gasteiger partial charge in [-0.25, -0.2) is 0 Å². The average Bonchev–Trinajstić information content (AvgIpc) is 2.25. The molecule has 3 N–H and O–H groups in total. The van der Waals surface area contributed by atoms with E-state index in [1.54, 1.807) is 0 Å². The first-order chi connectivity index (χ1) is 7.15. The van der Waals surface area contributed by atoms with E-state index in [0.29, 0.717) is 0 Å². The van der Waals surface area contributed by atoms with Crippen LogP contribution in [-0.4, -0.2) is 59.7 Å². The van der Waals surface area contributed by atoms with E-state index in [0.717, 1.165) is 0 Å². The van der Waals surface area contributed by atoms with Gasteiger partial charge in [0.25, 0.3) is 0 Å². The highest BCUT2D eigenvalue weighted by Crippen LogP contribution is 2.23. The Bertz CT molecular complexity index is 255. The summed E-state index contributed by atoms with van der Waals surface area (Å²) in [5.74, 6) is 0. The number of hydrogen-bond donors (Lipinski definition) is 3. The molecule has 0 bridgehead atoms. The van der Waals surface area contributed by atoms with E-state index in [9.17, 15) is 10.2 Å². The predicted octanol–water partition coefficient (Wildman–Crippen LogP) is -1.25. The molecule has 0 aromatic carbocycles. The molecule has 5 atom stereocenters. The van der Waals surface area contributed by atoms with Crippen LogP contribution in [0.15, 0.2) is 5.11 Å². The lowest BCUT2D eigenvalue weighted by atomic mass is 9.98. The normalized spacial score (nSPS) is 40.9. The maximum atomic E-state index is 9.59. The van der Waals surface area contributed by atoms with Gasteiger partial charge in [-0.3, -0.25) is 0 Å². The maximum absolute atomic E-state index is 9.59. The molecular formula is C7H13N3O5. The van der Waals surface area contributed by atoms with Crippen LogP contribution in [0.1, 0.15) is 0 Å². The maximum Gasteiger partial charge on any atom is 0.168 e. The van der Waals surface area contributed by atoms with Gasteiger partial charge in [-0.05, 0) is 5.53 Å². The number of aliphatic hydroxyl groups is 3. The van der Waals surface area contributed by atoms with E-state index in [1.165, 1.54) is 7.11 Å². The number of nitrogens with zero attached hydrogens (tertiary/aromatic N) is 3. The van der Waals surface area contributed by atoms with Crippen LogP contribution < -0.4 is 0 Å². The van der Waals surface area contributed by atoms with Gasteiger partial charge in [-0.15, -0.1) is 0 Å². The van der Waals surface area contributed by atoms with Crippen LogP contribution in [0.5, 0.6) is 0 Å². The Hall–Kier alpha value is -0.890. The topological polar surface area (TPSA) is 128 Å². The fraction of sp³-hybridized carbons (Fsp3) is 1.00. The molecule has 86 valence electrons. The van der Waals surface area contributed by atoms with Gasteiger partial charge in [0.2, 0.25) is 0 Å². The first kappa shape index (κ1) is 12.2. The lowest BCUT2D eigenvalue weighted by Crippen LogP contribution is -2.58. The molecule has 1 fully saturated rings. The minimum Gasteiger partial charge on any atom is -0.394 e. The van der Waals surface area contributed by atoms with Crippen molar-refractivity contribution in [2.45, 2.75) is 30.6 Å². The molecule has 0 spiro atoms. The molecule has 1 aliphatic rings. The van der Waals surface area contributed by atoms with Crippen LogP contribution in [0.4, 0.5) is 0 Å². The van der Waals surface area contributed by atoms with Crippen LogP contribution in [0.2, 0.25) is 0 Å². The molecule has 1 heterocycles. The third kappa shape index (κ3) is 2.37. The van der Waals surface area contributed by atoms with Gasteiger partial charge in [0.15, 0.2) is 6.29 Å². The molecule has 1 aliphatic heterocycles. The van der Waals surface area contributed by atoms with Crippen molar-refractivity contribution in [1.29, 1.82) is 0 Å². The van der Waals surface area contributed by atoms with E-state index in [4.69, 9.17) is 20.1 Å². The number of rotatable bonds is 3. The zero-order chi connectivity index (χ0) is 11.4. The van der Waals surface area contributed by atoms with E-state index in [-0.39, 0.29) is 0 Å². The summed E-state index contributed by atoms with van der Waals surface area (Å²) in [5.41, 5.74) is 8.26. The highest BCUT2D eigenvalue weighted by molar-refractivity contribution is 4.93. The van der Waals surface area contributed by atoms with Gasteiger partial charge in [-0.2, -0.15) is 0 Å². The number of hydrogen-bond acceptors (Lipinski definition) is 6. The summed E-state index contributed by atoms with van der Waals surface area (Å²) in [6, 6.07) is -1.03. The molecule has 8 nitrogen and oxygen atoms in total. The molecule has 8 heteroatoms. The number of methoxy groups -OCH3 is 1. The van der Waals surface area contributed by atoms with Crippen LogP contribution >= 0.6 is 0 Å². The zero-order valence-electron chi connectivity index (χ0n) is 8.09. The SMILES string of the molecule is COC1OC(CO)C(O)C(O)C1N=[N+]=[N-]. The van der Waals surface area contributed by atoms with Crippen molar-refractivity contribution >= 4 is 0 Å². The van der Waals surface area contributed by atoms with Crippen molar-refractivity contribution in [2.24, 2.45) is 5.11 Å². The van der Waals surface area contributed by atoms with E-state index >= 15 is 0 Å². The van der Waals surface area contributed by atoms with Gasteiger partial charge in [-0.1, -0.05) is 5.11 Å². The van der Waals surface area contributed by atoms with Crippen LogP contribution in [-0.2, 0) is 9.47 Å². The monoisotopic (exact) mass is 219 g/mol. The van der Waals surface area contributed by atoms with Crippen molar-refractivity contribution in [3.05, 3.63) is 10.4 Å². The second-order valence-corrected chi connectivity index (χ2v) is 3.14. The smallest absolute Gasteiger partial charge is 0.168 e. The van der Waals surface area contributed by atoms with Crippen molar-refractivity contribution in [3.63, 3.8) is 0 Å². The van der Waals surface area contributed by atoms with Gasteiger partial charge < -0.3 is 24.8 Å². The van der Waals surface area contributed by atoms with Gasteiger partial charge in [0, 0.05) is 12.0 Å². The van der Waals surface area contributed by atoms with Crippen molar-refractivity contribution in [3.8, 4) is 0 Å². The van der Waals surface area contributed by atoms with Crippen molar-refractivity contribution < 1.29 is 24.8 Å². The molecule has 1 saturated heterocycles. The Morgan fingerprint density at radius 2 is 2.13 bits per heavy atom. The number of ether oxygens (including phenoxy) is 2. The van der Waals surface area contributed by atoms with Crippen LogP contribution in [0.3, 0.4) is 0 Å². The fourth-order valence-corrected chi connectivity index (χ4v) is 1.44. The summed E-state index contributed by atoms with van der Waals surface area (Å²) in [6.07, 6.45) is -4.56. The van der Waals surface area contributed by atoms with Gasteiger partial charge >= 0.3 is 0 Å². The summed E-state index contributed by atoms with van der Waals surface area (Å²) in [7, 11) is 1.31. The minimum atomic E-state index is -1.32. The molecule has 15 heavy (non-hydrogen) atoms. The van der Waals surface area contributed by atoms with Gasteiger partial charge in [0.05, 0.1) is 12.7 Å². The third-order valence-electron chi connectivity index (χ3n) is 2.27. The largest absolute Gasteiger partial charge is 0.394 e. The third-order valence-corrected chi connectivity index (χ3v) is 2.27. The second kappa shape index (κ2) is 5.26. The Morgan fingerprint density at radius 3 is 2.60 bits per heavy atom. The number of azide groups is 1. The summed E-state index contributed by atoms with van der Waals surface area (Å²) >= 11 is 0. The van der Waals surface area contributed by atoms with Crippen molar-refractivity contribution in [2.75, 3.05) is 13.7 Å². The molecular weight excluding hydrogens is 206 g/mol. The zero-order valence-corrected chi connectivity index (χ0v) is 8.09. The fourth-order valence-electron chi connectivity index (χ4n) is 1.44. The highest BCUT2D eigenvalue weighted by atomic mass is 16.7. The summed E-state index contributed by atoms with van der Waals surface area (Å²) in [4.78, 5) is 2.52. The predicted molar refractivity (Wildman–Crippen MR) is 47.7 cm³/mol.